The Bertz CT molecular complexity index is 243. The molecule has 0 bridgehead atoms. The molecule has 1 fully saturated rings. The van der Waals surface area contributed by atoms with Crippen LogP contribution in [0.15, 0.2) is 0 Å². The van der Waals surface area contributed by atoms with Crippen LogP contribution in [0.1, 0.15) is 59.8 Å². The third-order valence-corrected chi connectivity index (χ3v) is 4.60. The Balaban J connectivity index is 2.05. The van der Waals surface area contributed by atoms with Crippen molar-refractivity contribution in [3.8, 4) is 0 Å². The van der Waals surface area contributed by atoms with Gasteiger partial charge in [0.15, 0.2) is 0 Å². The summed E-state index contributed by atoms with van der Waals surface area (Å²) in [6.45, 7) is 13.0. The molecule has 0 aromatic heterocycles. The van der Waals surface area contributed by atoms with Crippen molar-refractivity contribution in [2.75, 3.05) is 33.0 Å². The van der Waals surface area contributed by atoms with Crippen LogP contribution in [0.5, 0.6) is 0 Å². The minimum Gasteiger partial charge on any atom is -0.382 e. The van der Waals surface area contributed by atoms with Gasteiger partial charge in [-0.2, -0.15) is 0 Å². The Morgan fingerprint density at radius 3 is 2.33 bits per heavy atom. The van der Waals surface area contributed by atoms with Crippen LogP contribution in [0.2, 0.25) is 0 Å². The van der Waals surface area contributed by atoms with Crippen LogP contribution >= 0.6 is 0 Å². The second-order valence-corrected chi connectivity index (χ2v) is 6.66. The van der Waals surface area contributed by atoms with Gasteiger partial charge >= 0.3 is 0 Å². The van der Waals surface area contributed by atoms with Crippen molar-refractivity contribution in [1.82, 2.24) is 0 Å². The minimum atomic E-state index is 0.440. The van der Waals surface area contributed by atoms with Crippen molar-refractivity contribution in [2.24, 2.45) is 17.8 Å². The van der Waals surface area contributed by atoms with Gasteiger partial charge in [-0.05, 0) is 43.9 Å². The molecule has 1 rings (SSSR count). The Morgan fingerprint density at radius 1 is 0.952 bits per heavy atom. The van der Waals surface area contributed by atoms with Gasteiger partial charge in [0.2, 0.25) is 0 Å². The van der Waals surface area contributed by atoms with Crippen LogP contribution in [-0.4, -0.2) is 39.1 Å². The topological polar surface area (TPSA) is 27.7 Å². The van der Waals surface area contributed by atoms with E-state index in [-0.39, 0.29) is 0 Å². The predicted molar refractivity (Wildman–Crippen MR) is 87.6 cm³/mol. The first-order valence-electron chi connectivity index (χ1n) is 8.93. The summed E-state index contributed by atoms with van der Waals surface area (Å²) in [5.74, 6) is 2.22. The molecule has 0 aromatic rings. The van der Waals surface area contributed by atoms with Gasteiger partial charge in [-0.1, -0.05) is 33.6 Å². The first-order chi connectivity index (χ1) is 10.2. The van der Waals surface area contributed by atoms with Crippen molar-refractivity contribution in [3.05, 3.63) is 0 Å². The summed E-state index contributed by atoms with van der Waals surface area (Å²) in [6, 6.07) is 0. The summed E-state index contributed by atoms with van der Waals surface area (Å²) < 4.78 is 17.1. The molecule has 3 nitrogen and oxygen atoms in total. The second kappa shape index (κ2) is 11.4. The molecular weight excluding hydrogens is 264 g/mol. The Hall–Kier alpha value is -0.120. The van der Waals surface area contributed by atoms with Crippen LogP contribution in [0.25, 0.3) is 0 Å². The Labute approximate surface area is 131 Å². The van der Waals surface area contributed by atoms with E-state index in [4.69, 9.17) is 14.2 Å². The van der Waals surface area contributed by atoms with Crippen molar-refractivity contribution in [1.29, 1.82) is 0 Å². The van der Waals surface area contributed by atoms with Gasteiger partial charge in [-0.3, -0.25) is 0 Å². The summed E-state index contributed by atoms with van der Waals surface area (Å²) in [7, 11) is 0. The van der Waals surface area contributed by atoms with E-state index in [1.54, 1.807) is 0 Å². The smallest absolute Gasteiger partial charge is 0.0704 e. The second-order valence-electron chi connectivity index (χ2n) is 6.66. The predicted octanol–water partition coefficient (Wildman–Crippen LogP) is 4.30. The summed E-state index contributed by atoms with van der Waals surface area (Å²) >= 11 is 0. The van der Waals surface area contributed by atoms with E-state index >= 15 is 0 Å². The maximum Gasteiger partial charge on any atom is 0.0704 e. The third-order valence-electron chi connectivity index (χ3n) is 4.60. The molecule has 1 saturated carbocycles. The zero-order chi connectivity index (χ0) is 15.5. The molecule has 3 unspecified atom stereocenters. The zero-order valence-corrected chi connectivity index (χ0v) is 14.6. The van der Waals surface area contributed by atoms with Gasteiger partial charge in [0.1, 0.15) is 0 Å². The van der Waals surface area contributed by atoms with Crippen LogP contribution in [-0.2, 0) is 14.2 Å². The highest BCUT2D eigenvalue weighted by molar-refractivity contribution is 4.82. The van der Waals surface area contributed by atoms with E-state index in [2.05, 4.69) is 20.8 Å². The van der Waals surface area contributed by atoms with Crippen molar-refractivity contribution in [2.45, 2.75) is 65.9 Å². The highest BCUT2D eigenvalue weighted by Crippen LogP contribution is 2.36. The molecule has 21 heavy (non-hydrogen) atoms. The van der Waals surface area contributed by atoms with Gasteiger partial charge in [0.05, 0.1) is 19.3 Å². The fourth-order valence-corrected chi connectivity index (χ4v) is 3.59. The molecule has 0 radical (unpaired) electrons. The standard InChI is InChI=1S/C18H36O3/c1-5-19-11-6-7-12-20-13-14-21-17-10-8-9-16(4)18(17)15(2)3/h15-18H,5-14H2,1-4H3. The van der Waals surface area contributed by atoms with E-state index < -0.39 is 0 Å². The lowest BCUT2D eigenvalue weighted by Gasteiger charge is -2.39. The number of unbranched alkanes of at least 4 members (excludes halogenated alkanes) is 1. The molecule has 3 heteroatoms. The highest BCUT2D eigenvalue weighted by Gasteiger charge is 2.33. The van der Waals surface area contributed by atoms with E-state index in [1.807, 2.05) is 6.92 Å². The van der Waals surface area contributed by atoms with Gasteiger partial charge in [0, 0.05) is 19.8 Å². The fourth-order valence-electron chi connectivity index (χ4n) is 3.59. The van der Waals surface area contributed by atoms with Gasteiger partial charge in [-0.15, -0.1) is 0 Å². The van der Waals surface area contributed by atoms with E-state index in [0.717, 1.165) is 51.8 Å². The SMILES string of the molecule is CCOCCCCOCCOC1CCCC(C)C1C(C)C. The third kappa shape index (κ3) is 7.62. The maximum atomic E-state index is 6.12. The van der Waals surface area contributed by atoms with E-state index in [0.29, 0.717) is 17.9 Å². The average molecular weight is 300 g/mol. The molecule has 0 N–H and O–H groups in total. The van der Waals surface area contributed by atoms with Crippen LogP contribution < -0.4 is 0 Å². The lowest BCUT2D eigenvalue weighted by molar-refractivity contribution is -0.0648. The molecule has 1 aliphatic rings. The average Bonchev–Trinajstić information content (AvgIpc) is 2.45. The largest absolute Gasteiger partial charge is 0.382 e. The Kier molecular flexibility index (Phi) is 10.3. The lowest BCUT2D eigenvalue weighted by Crippen LogP contribution is -2.37. The Morgan fingerprint density at radius 2 is 1.67 bits per heavy atom. The summed E-state index contributed by atoms with van der Waals surface area (Å²) in [6.07, 6.45) is 6.50. The number of ether oxygens (including phenoxy) is 3. The van der Waals surface area contributed by atoms with Crippen molar-refractivity contribution in [3.63, 3.8) is 0 Å². The van der Waals surface area contributed by atoms with E-state index in [1.165, 1.54) is 19.3 Å². The van der Waals surface area contributed by atoms with Crippen molar-refractivity contribution < 1.29 is 14.2 Å². The number of rotatable bonds is 11. The molecule has 0 spiro atoms. The summed E-state index contributed by atoms with van der Waals surface area (Å²) in [5.41, 5.74) is 0. The molecule has 0 amide bonds. The molecule has 3 atom stereocenters. The van der Waals surface area contributed by atoms with Gasteiger partial charge in [0.25, 0.3) is 0 Å². The molecule has 0 heterocycles. The molecule has 126 valence electrons. The molecule has 0 aliphatic heterocycles. The molecule has 0 aromatic carbocycles. The first-order valence-corrected chi connectivity index (χ1v) is 8.93. The maximum absolute atomic E-state index is 6.12. The minimum absolute atomic E-state index is 0.440. The zero-order valence-electron chi connectivity index (χ0n) is 14.6. The van der Waals surface area contributed by atoms with E-state index in [9.17, 15) is 0 Å². The number of hydrogen-bond acceptors (Lipinski definition) is 3. The van der Waals surface area contributed by atoms with Crippen LogP contribution in [0.4, 0.5) is 0 Å². The fraction of sp³-hybridized carbons (Fsp3) is 1.00. The van der Waals surface area contributed by atoms with Gasteiger partial charge in [-0.25, -0.2) is 0 Å². The normalized spacial score (nSPS) is 26.4. The lowest BCUT2D eigenvalue weighted by atomic mass is 9.72. The summed E-state index contributed by atoms with van der Waals surface area (Å²) in [5, 5.41) is 0. The molecule has 0 saturated heterocycles. The first kappa shape index (κ1) is 18.9. The van der Waals surface area contributed by atoms with Crippen LogP contribution in [0, 0.1) is 17.8 Å². The monoisotopic (exact) mass is 300 g/mol. The molecule has 1 aliphatic carbocycles. The van der Waals surface area contributed by atoms with Crippen LogP contribution in [0.3, 0.4) is 0 Å². The van der Waals surface area contributed by atoms with Crippen molar-refractivity contribution >= 4 is 0 Å². The van der Waals surface area contributed by atoms with Gasteiger partial charge < -0.3 is 14.2 Å². The quantitative estimate of drug-likeness (QED) is 0.533. The molecular formula is C18H36O3. The number of hydrogen-bond donors (Lipinski definition) is 0. The highest BCUT2D eigenvalue weighted by atomic mass is 16.5. The summed E-state index contributed by atoms with van der Waals surface area (Å²) in [4.78, 5) is 0.